The molecule has 2 rings (SSSR count). The van der Waals surface area contributed by atoms with Crippen molar-refractivity contribution in [3.63, 3.8) is 0 Å². The Morgan fingerprint density at radius 3 is 2.71 bits per heavy atom. The molecule has 0 atom stereocenters. The highest BCUT2D eigenvalue weighted by molar-refractivity contribution is 7.13. The van der Waals surface area contributed by atoms with E-state index in [1.807, 2.05) is 6.92 Å². The van der Waals surface area contributed by atoms with Gasteiger partial charge in [-0.05, 0) is 31.1 Å². The van der Waals surface area contributed by atoms with Crippen LogP contribution in [0.5, 0.6) is 0 Å². The Balaban J connectivity index is 1.89. The van der Waals surface area contributed by atoms with Gasteiger partial charge >= 0.3 is 0 Å². The fourth-order valence-corrected chi connectivity index (χ4v) is 2.49. The van der Waals surface area contributed by atoms with Crippen LogP contribution in [-0.2, 0) is 0 Å². The molecule has 2 nitrogen and oxygen atoms in total. The fraction of sp³-hybridized carbons (Fsp3) is 0.727. The molecule has 1 N–H and O–H groups in total. The Morgan fingerprint density at radius 1 is 1.57 bits per heavy atom. The van der Waals surface area contributed by atoms with Crippen LogP contribution in [0, 0.1) is 18.3 Å². The van der Waals surface area contributed by atoms with Crippen LogP contribution in [0.2, 0.25) is 0 Å². The number of nitrogens with zero attached hydrogens (tertiary/aromatic N) is 1. The van der Waals surface area contributed by atoms with Crippen molar-refractivity contribution in [1.82, 2.24) is 4.98 Å². The monoisotopic (exact) mass is 210 g/mol. The lowest BCUT2D eigenvalue weighted by molar-refractivity contribution is 0.380. The number of anilines is 1. The molecular formula is C11H18N2S. The highest BCUT2D eigenvalue weighted by atomic mass is 32.1. The maximum Gasteiger partial charge on any atom is 0.182 e. The zero-order valence-electron chi connectivity index (χ0n) is 9.13. The van der Waals surface area contributed by atoms with Gasteiger partial charge in [0.2, 0.25) is 0 Å². The van der Waals surface area contributed by atoms with Gasteiger partial charge < -0.3 is 5.32 Å². The summed E-state index contributed by atoms with van der Waals surface area (Å²) in [6, 6.07) is 0. The average Bonchev–Trinajstić information content (AvgIpc) is 2.82. The van der Waals surface area contributed by atoms with Crippen LogP contribution >= 0.6 is 11.3 Å². The van der Waals surface area contributed by atoms with Gasteiger partial charge in [-0.2, -0.15) is 0 Å². The quantitative estimate of drug-likeness (QED) is 0.824. The average molecular weight is 210 g/mol. The van der Waals surface area contributed by atoms with E-state index in [0.717, 1.165) is 23.3 Å². The molecule has 14 heavy (non-hydrogen) atoms. The van der Waals surface area contributed by atoms with Crippen molar-refractivity contribution in [3.05, 3.63) is 11.1 Å². The molecule has 78 valence electrons. The van der Waals surface area contributed by atoms with Crippen molar-refractivity contribution in [2.75, 3.05) is 11.9 Å². The summed E-state index contributed by atoms with van der Waals surface area (Å²) in [5, 5.41) is 6.63. The molecule has 1 heterocycles. The molecule has 1 aromatic rings. The summed E-state index contributed by atoms with van der Waals surface area (Å²) < 4.78 is 0. The van der Waals surface area contributed by atoms with Gasteiger partial charge in [-0.25, -0.2) is 4.98 Å². The van der Waals surface area contributed by atoms with Crippen LogP contribution in [0.25, 0.3) is 0 Å². The summed E-state index contributed by atoms with van der Waals surface area (Å²) in [5.74, 6) is 0.788. The molecule has 0 saturated heterocycles. The summed E-state index contributed by atoms with van der Waals surface area (Å²) in [5.41, 5.74) is 1.69. The molecule has 0 bridgehead atoms. The van der Waals surface area contributed by atoms with Crippen LogP contribution in [0.1, 0.15) is 32.4 Å². The van der Waals surface area contributed by atoms with Crippen molar-refractivity contribution in [3.8, 4) is 0 Å². The molecule has 0 spiro atoms. The molecule has 3 heteroatoms. The molecule has 0 amide bonds. The molecule has 1 aliphatic carbocycles. The summed E-state index contributed by atoms with van der Waals surface area (Å²) in [4.78, 5) is 4.41. The number of rotatable bonds is 4. The topological polar surface area (TPSA) is 24.9 Å². The number of aromatic nitrogens is 1. The standard InChI is InChI=1S/C11H18N2S/c1-8(2)11(4-5-11)7-12-10-13-9(3)6-14-10/h6,8H,4-5,7H2,1-3H3,(H,12,13). The lowest BCUT2D eigenvalue weighted by atomic mass is 9.92. The van der Waals surface area contributed by atoms with E-state index in [1.165, 1.54) is 12.8 Å². The molecule has 1 fully saturated rings. The summed E-state index contributed by atoms with van der Waals surface area (Å²) in [7, 11) is 0. The molecule has 0 radical (unpaired) electrons. The Kier molecular flexibility index (Phi) is 2.52. The van der Waals surface area contributed by atoms with E-state index in [1.54, 1.807) is 11.3 Å². The lowest BCUT2D eigenvalue weighted by Gasteiger charge is -2.19. The Bertz CT molecular complexity index is 313. The van der Waals surface area contributed by atoms with Gasteiger partial charge in [0.05, 0.1) is 5.69 Å². The summed E-state index contributed by atoms with van der Waals surface area (Å²) in [6.45, 7) is 7.78. The first-order valence-electron chi connectivity index (χ1n) is 5.28. The SMILES string of the molecule is Cc1csc(NCC2(C(C)C)CC2)n1. The van der Waals surface area contributed by atoms with Crippen molar-refractivity contribution >= 4 is 16.5 Å². The van der Waals surface area contributed by atoms with Crippen LogP contribution < -0.4 is 5.32 Å². The zero-order valence-corrected chi connectivity index (χ0v) is 9.95. The van der Waals surface area contributed by atoms with Gasteiger partial charge in [0.1, 0.15) is 0 Å². The van der Waals surface area contributed by atoms with Gasteiger partial charge in [-0.1, -0.05) is 13.8 Å². The second-order valence-corrected chi connectivity index (χ2v) is 5.52. The third-order valence-corrected chi connectivity index (χ3v) is 4.25. The number of nitrogens with one attached hydrogen (secondary N) is 1. The maximum atomic E-state index is 4.41. The second kappa shape index (κ2) is 3.54. The van der Waals surface area contributed by atoms with Crippen LogP contribution in [-0.4, -0.2) is 11.5 Å². The van der Waals surface area contributed by atoms with Gasteiger partial charge in [0.25, 0.3) is 0 Å². The van der Waals surface area contributed by atoms with Gasteiger partial charge in [0, 0.05) is 11.9 Å². The molecular weight excluding hydrogens is 192 g/mol. The van der Waals surface area contributed by atoms with E-state index in [2.05, 4.69) is 29.5 Å². The molecule has 1 aliphatic rings. The van der Waals surface area contributed by atoms with Crippen LogP contribution in [0.15, 0.2) is 5.38 Å². The van der Waals surface area contributed by atoms with E-state index < -0.39 is 0 Å². The zero-order chi connectivity index (χ0) is 10.2. The Morgan fingerprint density at radius 2 is 2.29 bits per heavy atom. The van der Waals surface area contributed by atoms with Crippen molar-refractivity contribution in [1.29, 1.82) is 0 Å². The van der Waals surface area contributed by atoms with E-state index in [0.29, 0.717) is 5.41 Å². The molecule has 0 aromatic carbocycles. The first-order valence-corrected chi connectivity index (χ1v) is 6.16. The second-order valence-electron chi connectivity index (χ2n) is 4.66. The van der Waals surface area contributed by atoms with Crippen molar-refractivity contribution in [2.45, 2.75) is 33.6 Å². The third-order valence-electron chi connectivity index (χ3n) is 3.33. The largest absolute Gasteiger partial charge is 0.361 e. The van der Waals surface area contributed by atoms with E-state index in [-0.39, 0.29) is 0 Å². The highest BCUT2D eigenvalue weighted by Crippen LogP contribution is 2.51. The molecule has 1 saturated carbocycles. The molecule has 0 aliphatic heterocycles. The van der Waals surface area contributed by atoms with Gasteiger partial charge in [-0.15, -0.1) is 11.3 Å². The first kappa shape index (κ1) is 9.97. The summed E-state index contributed by atoms with van der Waals surface area (Å²) in [6.07, 6.45) is 2.75. The van der Waals surface area contributed by atoms with Crippen LogP contribution in [0.4, 0.5) is 5.13 Å². The summed E-state index contributed by atoms with van der Waals surface area (Å²) >= 11 is 1.71. The number of thiazole rings is 1. The predicted molar refractivity (Wildman–Crippen MR) is 61.8 cm³/mol. The predicted octanol–water partition coefficient (Wildman–Crippen LogP) is 3.30. The molecule has 0 unspecified atom stereocenters. The first-order chi connectivity index (χ1) is 6.62. The lowest BCUT2D eigenvalue weighted by Crippen LogP contribution is -2.20. The van der Waals surface area contributed by atoms with Gasteiger partial charge in [-0.3, -0.25) is 0 Å². The minimum atomic E-state index is 0.569. The number of aryl methyl sites for hydroxylation is 1. The minimum absolute atomic E-state index is 0.569. The third kappa shape index (κ3) is 1.92. The number of hydrogen-bond donors (Lipinski definition) is 1. The van der Waals surface area contributed by atoms with E-state index in [9.17, 15) is 0 Å². The Labute approximate surface area is 89.8 Å². The molecule has 1 aromatic heterocycles. The van der Waals surface area contributed by atoms with Crippen molar-refractivity contribution < 1.29 is 0 Å². The van der Waals surface area contributed by atoms with Crippen molar-refractivity contribution in [2.24, 2.45) is 11.3 Å². The van der Waals surface area contributed by atoms with Gasteiger partial charge in [0.15, 0.2) is 5.13 Å². The number of hydrogen-bond acceptors (Lipinski definition) is 3. The van der Waals surface area contributed by atoms with Crippen LogP contribution in [0.3, 0.4) is 0 Å². The normalized spacial score (nSPS) is 18.6. The van der Waals surface area contributed by atoms with E-state index in [4.69, 9.17) is 0 Å². The maximum absolute atomic E-state index is 4.41. The minimum Gasteiger partial charge on any atom is -0.361 e. The Hall–Kier alpha value is -0.570. The van der Waals surface area contributed by atoms with E-state index >= 15 is 0 Å². The smallest absolute Gasteiger partial charge is 0.182 e. The fourth-order valence-electron chi connectivity index (χ4n) is 1.81. The highest BCUT2D eigenvalue weighted by Gasteiger charge is 2.44.